The van der Waals surface area contributed by atoms with Gasteiger partial charge in [-0.15, -0.1) is 0 Å². The van der Waals surface area contributed by atoms with Crippen molar-refractivity contribution in [3.63, 3.8) is 0 Å². The van der Waals surface area contributed by atoms with Crippen LogP contribution in [-0.4, -0.2) is 0 Å². The molecule has 0 rings (SSSR count). The van der Waals surface area contributed by atoms with Gasteiger partial charge in [0.05, 0.1) is 0 Å². The van der Waals surface area contributed by atoms with Crippen molar-refractivity contribution in [2.75, 3.05) is 0 Å². The van der Waals surface area contributed by atoms with Gasteiger partial charge in [0.1, 0.15) is 0 Å². The highest BCUT2D eigenvalue weighted by Gasteiger charge is -0.0774. The third kappa shape index (κ3) is 19900. The summed E-state index contributed by atoms with van der Waals surface area (Å²) in [7, 11) is 0. The summed E-state index contributed by atoms with van der Waals surface area (Å²) in [5, 5.41) is 0. The molecule has 0 fully saturated rings. The molecule has 0 aromatic heterocycles. The topological polar surface area (TPSA) is 1400 Å². The van der Waals surface area contributed by atoms with E-state index in [9.17, 15) is 0 Å². The molecule has 0 heterocycles. The van der Waals surface area contributed by atoms with Crippen molar-refractivity contribution in [1.82, 2.24) is 246 Å². The third-order valence-electron chi connectivity index (χ3n) is 0. The molecule has 0 radical (unpaired) electrons. The Kier molecular flexibility index (Phi) is 11600000. The summed E-state index contributed by atoms with van der Waals surface area (Å²) in [4.78, 5) is 0. The van der Waals surface area contributed by atoms with E-state index >= 15 is 0 Å². The fourth-order valence-electron chi connectivity index (χ4n) is 0. The molecule has 328 valence electrons. The van der Waals surface area contributed by atoms with Crippen LogP contribution in [0.4, 0.5) is 0 Å². The monoisotopic (exact) mass is 697 g/mol. The molecule has 0 aliphatic carbocycles. The van der Waals surface area contributed by atoms with E-state index in [-0.39, 0.29) is 253 Å². The summed E-state index contributed by atoms with van der Waals surface area (Å²) in [6, 6.07) is 0. The molecule has 0 atom stereocenters. The van der Waals surface area contributed by atoms with Crippen molar-refractivity contribution in [2.24, 2.45) is 0 Å². The van der Waals surface area contributed by atoms with Gasteiger partial charge in [0.15, 0.2) is 0 Å². The quantitative estimate of drug-likeness (QED) is 0.120. The van der Waals surface area contributed by atoms with Crippen molar-refractivity contribution in [3.8, 4) is 0 Å². The van der Waals surface area contributed by atoms with Crippen LogP contribution in [0.5, 0.6) is 0 Å². The minimum Gasteiger partial charge on any atom is -0.344 e. The Bertz CT molecular complexity index is 6.78. The lowest BCUT2D eigenvalue weighted by molar-refractivity contribution is 2.13. The highest BCUT2D eigenvalue weighted by Crippen LogP contribution is 0.144. The maximum Gasteiger partial charge on any atom is -0.0776 e. The number of rotatable bonds is 0. The summed E-state index contributed by atoms with van der Waals surface area (Å²) in [5.74, 6) is 0. The highest BCUT2D eigenvalue weighted by atomic mass is 14.0. The van der Waals surface area contributed by atoms with Gasteiger partial charge in [-0.25, -0.2) is 0 Å². The fourth-order valence-corrected chi connectivity index (χ4v) is 0. The van der Waals surface area contributed by atoms with Crippen LogP contribution in [-0.2, 0) is 0 Å². The maximum absolute atomic E-state index is 0. The molecule has 120 N–H and O–H groups in total. The van der Waals surface area contributed by atoms with Crippen LogP contribution < -0.4 is 246 Å². The molecule has 0 bridgehead atoms. The molecule has 40 nitrogen and oxygen atoms in total. The van der Waals surface area contributed by atoms with Crippen LogP contribution in [0.25, 0.3) is 0 Å². The molecule has 0 aromatic rings. The normalized spacial score (nSPS) is 0. The van der Waals surface area contributed by atoms with Crippen LogP contribution in [0.15, 0.2) is 0 Å². The molecule has 0 aliphatic rings. The minimum atomic E-state index is 0. The molecule has 0 amide bonds. The van der Waals surface area contributed by atoms with Crippen LogP contribution in [0.3, 0.4) is 0 Å². The first-order chi connectivity index (χ1) is 0. The van der Waals surface area contributed by atoms with Gasteiger partial charge in [-0.1, -0.05) is 7.43 Å². The first-order valence-electron chi connectivity index (χ1n) is 0. The van der Waals surface area contributed by atoms with E-state index in [1.807, 2.05) is 0 Å². The first-order valence-corrected chi connectivity index (χ1v) is 0. The SMILES string of the molecule is C.N.N.N.N.N.N.N.N.N.N.N.N.N.N.N.N.N.N.N.N.N.N.N.N.N.N.N.N.N.N.N.N.N.N.N.N.N.N.N.N. The Balaban J connectivity index is 0. The molecular weight excluding hydrogens is 572 g/mol. The van der Waals surface area contributed by atoms with Crippen LogP contribution in [0, 0.1) is 0 Å². The van der Waals surface area contributed by atoms with Crippen LogP contribution >= 0.6 is 0 Å². The van der Waals surface area contributed by atoms with Gasteiger partial charge in [-0.3, -0.25) is 0 Å². The Morgan fingerprint density at radius 1 is 0.0488 bits per heavy atom. The predicted molar refractivity (Wildman–Crippen MR) is 208 cm³/mol. The number of hydrogen-bond acceptors (Lipinski definition) is 40. The Hall–Kier alpha value is -1.60. The zero-order valence-electron chi connectivity index (χ0n) is 28.3. The van der Waals surface area contributed by atoms with E-state index in [1.165, 1.54) is 0 Å². The van der Waals surface area contributed by atoms with E-state index in [0.29, 0.717) is 0 Å². The van der Waals surface area contributed by atoms with E-state index in [1.54, 1.807) is 0 Å². The van der Waals surface area contributed by atoms with E-state index in [4.69, 9.17) is 0 Å². The van der Waals surface area contributed by atoms with Crippen LogP contribution in [0.1, 0.15) is 7.43 Å². The van der Waals surface area contributed by atoms with Crippen molar-refractivity contribution in [3.05, 3.63) is 0 Å². The average molecular weight is 697 g/mol. The van der Waals surface area contributed by atoms with Gasteiger partial charge in [0, 0.05) is 0 Å². The summed E-state index contributed by atoms with van der Waals surface area (Å²) in [6.45, 7) is 0. The Morgan fingerprint density at radius 2 is 0.0488 bits per heavy atom. The van der Waals surface area contributed by atoms with Gasteiger partial charge >= 0.3 is 0 Å². The average Bonchev–Trinajstić information content (AvgIpc) is 0. The molecular formula is CH124N40. The standard InChI is InChI=1S/CH4.40H3N/h1H4;40*1H3. The van der Waals surface area contributed by atoms with E-state index in [0.717, 1.165) is 0 Å². The lowest BCUT2D eigenvalue weighted by Gasteiger charge is -0.345. The molecule has 0 aliphatic heterocycles. The summed E-state index contributed by atoms with van der Waals surface area (Å²) < 4.78 is 0. The van der Waals surface area contributed by atoms with Crippen LogP contribution in [0.2, 0.25) is 0 Å². The van der Waals surface area contributed by atoms with Gasteiger partial charge in [0.2, 0.25) is 0 Å². The second kappa shape index (κ2) is 21000. The molecule has 0 spiro atoms. The second-order valence-electron chi connectivity index (χ2n) is 0. The van der Waals surface area contributed by atoms with E-state index < -0.39 is 0 Å². The summed E-state index contributed by atoms with van der Waals surface area (Å²) in [5.41, 5.74) is 0. The van der Waals surface area contributed by atoms with E-state index in [2.05, 4.69) is 0 Å². The Labute approximate surface area is 254 Å². The molecule has 0 unspecified atom stereocenters. The molecule has 0 aromatic carbocycles. The molecule has 41 heavy (non-hydrogen) atoms. The minimum absolute atomic E-state index is 0. The molecule has 0 saturated carbocycles. The van der Waals surface area contributed by atoms with Crippen molar-refractivity contribution in [1.29, 1.82) is 0 Å². The largest absolute Gasteiger partial charge is 0.344 e. The van der Waals surface area contributed by atoms with Gasteiger partial charge < -0.3 is 246 Å². The van der Waals surface area contributed by atoms with Crippen molar-refractivity contribution in [2.45, 2.75) is 7.43 Å². The summed E-state index contributed by atoms with van der Waals surface area (Å²) in [6.07, 6.45) is 0. The van der Waals surface area contributed by atoms with Crippen molar-refractivity contribution >= 4 is 0 Å². The molecule has 0 saturated heterocycles. The van der Waals surface area contributed by atoms with Gasteiger partial charge in [0.25, 0.3) is 0 Å². The Morgan fingerprint density at radius 3 is 0.0488 bits per heavy atom. The lowest BCUT2D eigenvalue weighted by atomic mass is 12.0. The first kappa shape index (κ1) is 22700. The maximum atomic E-state index is 0. The fraction of sp³-hybridized carbons (Fsp3) is 1.00. The second-order valence-corrected chi connectivity index (χ2v) is 0. The number of hydrogen-bond donors (Lipinski definition) is 40. The van der Waals surface area contributed by atoms with Gasteiger partial charge in [-0.05, 0) is 0 Å². The van der Waals surface area contributed by atoms with Gasteiger partial charge in [-0.2, -0.15) is 0 Å². The third-order valence-corrected chi connectivity index (χ3v) is 0. The zero-order valence-corrected chi connectivity index (χ0v) is 28.3. The summed E-state index contributed by atoms with van der Waals surface area (Å²) >= 11 is 0. The lowest BCUT2D eigenvalue weighted by Crippen LogP contribution is -0.482. The highest BCUT2D eigenvalue weighted by molar-refractivity contribution is 2.50. The zero-order chi connectivity index (χ0) is 0. The smallest absolute Gasteiger partial charge is 0.0776 e. The van der Waals surface area contributed by atoms with Crippen molar-refractivity contribution < 1.29 is 0 Å². The molecule has 40 heteroatoms. The predicted octanol–water partition coefficient (Wildman–Crippen LogP) is 7.12.